The van der Waals surface area contributed by atoms with E-state index in [0.717, 1.165) is 10.7 Å². The van der Waals surface area contributed by atoms with Gasteiger partial charge < -0.3 is 4.74 Å². The Kier molecular flexibility index (Phi) is 3.09. The number of thiazole rings is 1. The zero-order valence-corrected chi connectivity index (χ0v) is 11.9. The molecule has 3 nitrogen and oxygen atoms in total. The Morgan fingerprint density at radius 2 is 2.25 bits per heavy atom. The van der Waals surface area contributed by atoms with Crippen LogP contribution in [0.3, 0.4) is 0 Å². The molecule has 5 heteroatoms. The number of carbonyl (C=O) groups is 1. The monoisotopic (exact) mass is 303 g/mol. The molecular formula is C11H14BrNO2S. The quantitative estimate of drug-likeness (QED) is 0.634. The molecule has 0 bridgehead atoms. The van der Waals surface area contributed by atoms with Gasteiger partial charge in [0.15, 0.2) is 0 Å². The first kappa shape index (κ1) is 12.0. The molecule has 1 aromatic rings. The zero-order valence-electron chi connectivity index (χ0n) is 9.54. The van der Waals surface area contributed by atoms with Gasteiger partial charge in [-0.3, -0.25) is 0 Å². The van der Waals surface area contributed by atoms with Gasteiger partial charge in [-0.15, -0.1) is 11.3 Å². The molecule has 1 heterocycles. The van der Waals surface area contributed by atoms with Crippen molar-refractivity contribution in [1.82, 2.24) is 4.98 Å². The molecule has 1 atom stereocenters. The molecule has 1 aliphatic carbocycles. The highest BCUT2D eigenvalue weighted by Gasteiger charge is 2.45. The second kappa shape index (κ2) is 4.11. The predicted octanol–water partition coefficient (Wildman–Crippen LogP) is 3.47. The molecule has 0 spiro atoms. The Balaban J connectivity index is 2.27. The summed E-state index contributed by atoms with van der Waals surface area (Å²) in [4.78, 5) is 16.8. The van der Waals surface area contributed by atoms with E-state index in [1.54, 1.807) is 0 Å². The fraction of sp³-hybridized carbons (Fsp3) is 0.636. The molecule has 1 saturated carbocycles. The zero-order chi connectivity index (χ0) is 11.9. The first-order chi connectivity index (χ1) is 7.48. The number of hydrogen-bond donors (Lipinski definition) is 0. The van der Waals surface area contributed by atoms with Crippen molar-refractivity contribution in [2.45, 2.75) is 31.5 Å². The number of aromatic nitrogens is 1. The van der Waals surface area contributed by atoms with Gasteiger partial charge in [0.25, 0.3) is 0 Å². The molecule has 1 aromatic heterocycles. The number of ether oxygens (including phenoxy) is 1. The molecule has 1 aliphatic rings. The summed E-state index contributed by atoms with van der Waals surface area (Å²) in [5, 5.41) is 0.984. The number of halogens is 1. The van der Waals surface area contributed by atoms with E-state index in [1.807, 2.05) is 6.92 Å². The van der Waals surface area contributed by atoms with Crippen LogP contribution in [0.1, 0.15) is 45.0 Å². The Morgan fingerprint density at radius 3 is 2.75 bits per heavy atom. The van der Waals surface area contributed by atoms with Crippen LogP contribution in [0.2, 0.25) is 0 Å². The van der Waals surface area contributed by atoms with Gasteiger partial charge in [-0.05, 0) is 25.2 Å². The van der Waals surface area contributed by atoms with Crippen LogP contribution in [0, 0.1) is 12.3 Å². The standard InChI is InChI=1S/C11H14BrNO2S/c1-6-7(10(14)15-3)16-9(13-6)8(12)11(2)4-5-11/h8H,4-5H2,1-3H3. The van der Waals surface area contributed by atoms with E-state index in [4.69, 9.17) is 4.74 Å². The van der Waals surface area contributed by atoms with Crippen molar-refractivity contribution in [1.29, 1.82) is 0 Å². The van der Waals surface area contributed by atoms with Gasteiger partial charge in [0.1, 0.15) is 9.88 Å². The summed E-state index contributed by atoms with van der Waals surface area (Å²) >= 11 is 5.12. The number of alkyl halides is 1. The topological polar surface area (TPSA) is 39.2 Å². The van der Waals surface area contributed by atoms with Crippen molar-refractivity contribution in [3.05, 3.63) is 15.6 Å². The predicted molar refractivity (Wildman–Crippen MR) is 67.2 cm³/mol. The molecule has 1 fully saturated rings. The highest BCUT2D eigenvalue weighted by molar-refractivity contribution is 9.09. The molecule has 2 rings (SSSR count). The number of esters is 1. The minimum absolute atomic E-state index is 0.252. The second-order valence-corrected chi connectivity index (χ2v) is 6.42. The maximum atomic E-state index is 11.5. The fourth-order valence-electron chi connectivity index (χ4n) is 1.56. The van der Waals surface area contributed by atoms with Crippen molar-refractivity contribution in [3.63, 3.8) is 0 Å². The second-order valence-electron chi connectivity index (χ2n) is 4.47. The Hall–Kier alpha value is -0.420. The van der Waals surface area contributed by atoms with Crippen LogP contribution in [-0.2, 0) is 4.74 Å². The normalized spacial score (nSPS) is 19.2. The van der Waals surface area contributed by atoms with Crippen molar-refractivity contribution in [3.8, 4) is 0 Å². The van der Waals surface area contributed by atoms with Crippen molar-refractivity contribution in [2.75, 3.05) is 7.11 Å². The van der Waals surface area contributed by atoms with Gasteiger partial charge in [0.05, 0.1) is 17.6 Å². The first-order valence-corrected chi connectivity index (χ1v) is 6.91. The molecule has 0 saturated heterocycles. The third-order valence-corrected chi connectivity index (χ3v) is 6.10. The van der Waals surface area contributed by atoms with Gasteiger partial charge in [0, 0.05) is 0 Å². The summed E-state index contributed by atoms with van der Waals surface area (Å²) in [5.74, 6) is -0.290. The van der Waals surface area contributed by atoms with Crippen LogP contribution in [0.15, 0.2) is 0 Å². The third-order valence-electron chi connectivity index (χ3n) is 3.05. The van der Waals surface area contributed by atoms with E-state index in [-0.39, 0.29) is 10.8 Å². The Morgan fingerprint density at radius 1 is 1.62 bits per heavy atom. The average molecular weight is 304 g/mol. The number of hydrogen-bond acceptors (Lipinski definition) is 4. The van der Waals surface area contributed by atoms with E-state index < -0.39 is 0 Å². The van der Waals surface area contributed by atoms with Crippen LogP contribution in [0.5, 0.6) is 0 Å². The molecule has 16 heavy (non-hydrogen) atoms. The van der Waals surface area contributed by atoms with Crippen LogP contribution < -0.4 is 0 Å². The van der Waals surface area contributed by atoms with Crippen LogP contribution in [0.25, 0.3) is 0 Å². The van der Waals surface area contributed by atoms with Crippen molar-refractivity contribution < 1.29 is 9.53 Å². The van der Waals surface area contributed by atoms with E-state index in [1.165, 1.54) is 31.3 Å². The Labute approximate surface area is 107 Å². The van der Waals surface area contributed by atoms with E-state index >= 15 is 0 Å². The Bertz CT molecular complexity index is 426. The van der Waals surface area contributed by atoms with Gasteiger partial charge in [-0.25, -0.2) is 9.78 Å². The molecule has 0 aromatic carbocycles. The van der Waals surface area contributed by atoms with Crippen molar-refractivity contribution >= 4 is 33.2 Å². The van der Waals surface area contributed by atoms with Crippen molar-refractivity contribution in [2.24, 2.45) is 5.41 Å². The molecule has 0 aliphatic heterocycles. The minimum atomic E-state index is -0.290. The average Bonchev–Trinajstić information content (AvgIpc) is 2.89. The van der Waals surface area contributed by atoms with E-state index in [0.29, 0.717) is 10.3 Å². The molecule has 88 valence electrons. The smallest absolute Gasteiger partial charge is 0.349 e. The molecular weight excluding hydrogens is 290 g/mol. The van der Waals surface area contributed by atoms with Gasteiger partial charge in [0.2, 0.25) is 0 Å². The van der Waals surface area contributed by atoms with Crippen LogP contribution in [0.4, 0.5) is 0 Å². The molecule has 0 radical (unpaired) electrons. The lowest BCUT2D eigenvalue weighted by atomic mass is 10.1. The lowest BCUT2D eigenvalue weighted by Crippen LogP contribution is -2.02. The van der Waals surface area contributed by atoms with Crippen LogP contribution in [-0.4, -0.2) is 18.1 Å². The number of aryl methyl sites for hydroxylation is 1. The van der Waals surface area contributed by atoms with Gasteiger partial charge in [-0.1, -0.05) is 22.9 Å². The summed E-state index contributed by atoms with van der Waals surface area (Å²) in [5.41, 5.74) is 1.08. The van der Waals surface area contributed by atoms with Gasteiger partial charge in [-0.2, -0.15) is 0 Å². The highest BCUT2D eigenvalue weighted by Crippen LogP contribution is 2.58. The summed E-state index contributed by atoms with van der Waals surface area (Å²) < 4.78 is 4.73. The number of methoxy groups -OCH3 is 1. The lowest BCUT2D eigenvalue weighted by molar-refractivity contribution is 0.0605. The third kappa shape index (κ3) is 2.02. The minimum Gasteiger partial charge on any atom is -0.465 e. The van der Waals surface area contributed by atoms with Crippen LogP contribution >= 0.6 is 27.3 Å². The first-order valence-electron chi connectivity index (χ1n) is 5.17. The fourth-order valence-corrected chi connectivity index (χ4v) is 3.54. The summed E-state index contributed by atoms with van der Waals surface area (Å²) in [6.45, 7) is 4.09. The summed E-state index contributed by atoms with van der Waals surface area (Å²) in [6, 6.07) is 0. The van der Waals surface area contributed by atoms with E-state index in [2.05, 4.69) is 27.8 Å². The van der Waals surface area contributed by atoms with Gasteiger partial charge >= 0.3 is 5.97 Å². The number of rotatable bonds is 3. The SMILES string of the molecule is COC(=O)c1sc(C(Br)C2(C)CC2)nc1C. The number of nitrogens with zero attached hydrogens (tertiary/aromatic N) is 1. The maximum Gasteiger partial charge on any atom is 0.349 e. The largest absolute Gasteiger partial charge is 0.465 e. The molecule has 0 N–H and O–H groups in total. The highest BCUT2D eigenvalue weighted by atomic mass is 79.9. The number of carbonyl (C=O) groups excluding carboxylic acids is 1. The molecule has 0 amide bonds. The molecule has 1 unspecified atom stereocenters. The lowest BCUT2D eigenvalue weighted by Gasteiger charge is -2.13. The summed E-state index contributed by atoms with van der Waals surface area (Å²) in [7, 11) is 1.40. The maximum absolute atomic E-state index is 11.5. The van der Waals surface area contributed by atoms with E-state index in [9.17, 15) is 4.79 Å². The summed E-state index contributed by atoms with van der Waals surface area (Å²) in [6.07, 6.45) is 2.43.